The van der Waals surface area contributed by atoms with Crippen LogP contribution in [-0.4, -0.2) is 6.29 Å². The van der Waals surface area contributed by atoms with Gasteiger partial charge in [-0.1, -0.05) is 0 Å². The molecule has 0 aromatic heterocycles. The first kappa shape index (κ1) is 9.95. The maximum atomic E-state index is 10.7. The third-order valence-corrected chi connectivity index (χ3v) is 2.00. The van der Waals surface area contributed by atoms with Gasteiger partial charge in [-0.3, -0.25) is 4.79 Å². The molecule has 14 heavy (non-hydrogen) atoms. The van der Waals surface area contributed by atoms with Crippen molar-refractivity contribution in [2.45, 2.75) is 13.3 Å². The second-order valence-corrected chi connectivity index (χ2v) is 2.93. The van der Waals surface area contributed by atoms with Crippen molar-refractivity contribution in [3.8, 4) is 12.1 Å². The summed E-state index contributed by atoms with van der Waals surface area (Å²) in [7, 11) is 0. The van der Waals surface area contributed by atoms with E-state index in [2.05, 4.69) is 0 Å². The van der Waals surface area contributed by atoms with Crippen LogP contribution in [0.1, 0.15) is 27.0 Å². The van der Waals surface area contributed by atoms with Crippen molar-refractivity contribution in [1.29, 1.82) is 10.5 Å². The van der Waals surface area contributed by atoms with Crippen LogP contribution in [0.3, 0.4) is 0 Å². The molecule has 0 fully saturated rings. The molecule has 1 aromatic rings. The zero-order chi connectivity index (χ0) is 10.6. The van der Waals surface area contributed by atoms with Gasteiger partial charge in [-0.25, -0.2) is 0 Å². The van der Waals surface area contributed by atoms with E-state index in [0.717, 1.165) is 5.56 Å². The van der Waals surface area contributed by atoms with Gasteiger partial charge in [0.15, 0.2) is 0 Å². The highest BCUT2D eigenvalue weighted by Gasteiger charge is 2.05. The standard InChI is InChI=1S/C11H8N2O/c1-8-4-11(7-14)9(2-3-12)5-10(8)6-13/h4-5,7H,2H2,1H3. The first-order valence-corrected chi connectivity index (χ1v) is 4.08. The number of hydrogen-bond donors (Lipinski definition) is 0. The van der Waals surface area contributed by atoms with E-state index in [-0.39, 0.29) is 6.42 Å². The molecule has 0 amide bonds. The lowest BCUT2D eigenvalue weighted by Crippen LogP contribution is -1.95. The fourth-order valence-electron chi connectivity index (χ4n) is 1.24. The van der Waals surface area contributed by atoms with Crippen LogP contribution in [0.15, 0.2) is 12.1 Å². The van der Waals surface area contributed by atoms with E-state index >= 15 is 0 Å². The third kappa shape index (κ3) is 1.78. The molecule has 0 unspecified atom stereocenters. The van der Waals surface area contributed by atoms with Crippen molar-refractivity contribution < 1.29 is 4.79 Å². The number of rotatable bonds is 2. The Morgan fingerprint density at radius 2 is 2.14 bits per heavy atom. The minimum Gasteiger partial charge on any atom is -0.298 e. The average molecular weight is 184 g/mol. The van der Waals surface area contributed by atoms with E-state index in [4.69, 9.17) is 10.5 Å². The molecular formula is C11H8N2O. The molecule has 0 saturated heterocycles. The van der Waals surface area contributed by atoms with Gasteiger partial charge in [-0.2, -0.15) is 10.5 Å². The summed E-state index contributed by atoms with van der Waals surface area (Å²) >= 11 is 0. The molecule has 0 atom stereocenters. The van der Waals surface area contributed by atoms with E-state index < -0.39 is 0 Å². The Labute approximate surface area is 82.2 Å². The van der Waals surface area contributed by atoms with Gasteiger partial charge >= 0.3 is 0 Å². The van der Waals surface area contributed by atoms with Gasteiger partial charge < -0.3 is 0 Å². The SMILES string of the molecule is Cc1cc(C=O)c(CC#N)cc1C#N. The molecule has 0 aliphatic rings. The lowest BCUT2D eigenvalue weighted by atomic mass is 9.99. The summed E-state index contributed by atoms with van der Waals surface area (Å²) in [4.78, 5) is 10.7. The van der Waals surface area contributed by atoms with Gasteiger partial charge in [0.05, 0.1) is 24.1 Å². The van der Waals surface area contributed by atoms with Gasteiger partial charge in [-0.05, 0) is 30.2 Å². The van der Waals surface area contributed by atoms with E-state index in [1.165, 1.54) is 0 Å². The number of carbonyl (C=O) groups is 1. The Morgan fingerprint density at radius 3 is 2.64 bits per heavy atom. The largest absolute Gasteiger partial charge is 0.298 e. The predicted molar refractivity (Wildman–Crippen MR) is 50.6 cm³/mol. The Kier molecular flexibility index (Phi) is 2.99. The van der Waals surface area contributed by atoms with Crippen LogP contribution >= 0.6 is 0 Å². The molecule has 3 heteroatoms. The normalized spacial score (nSPS) is 8.79. The molecular weight excluding hydrogens is 176 g/mol. The molecule has 1 rings (SSSR count). The van der Waals surface area contributed by atoms with Crippen molar-refractivity contribution in [3.05, 3.63) is 34.4 Å². The van der Waals surface area contributed by atoms with E-state index in [1.807, 2.05) is 12.1 Å². The number of benzene rings is 1. The lowest BCUT2D eigenvalue weighted by molar-refractivity contribution is 0.112. The minimum absolute atomic E-state index is 0.156. The highest BCUT2D eigenvalue weighted by Crippen LogP contribution is 2.15. The zero-order valence-electron chi connectivity index (χ0n) is 7.74. The Bertz CT molecular complexity index is 450. The van der Waals surface area contributed by atoms with Crippen molar-refractivity contribution in [2.75, 3.05) is 0 Å². The quantitative estimate of drug-likeness (QED) is 0.657. The smallest absolute Gasteiger partial charge is 0.150 e. The maximum Gasteiger partial charge on any atom is 0.150 e. The summed E-state index contributed by atoms with van der Waals surface area (Å²) in [5, 5.41) is 17.3. The Balaban J connectivity index is 3.35. The second-order valence-electron chi connectivity index (χ2n) is 2.93. The summed E-state index contributed by atoms with van der Waals surface area (Å²) in [6.07, 6.45) is 0.865. The maximum absolute atomic E-state index is 10.7. The van der Waals surface area contributed by atoms with Crippen LogP contribution < -0.4 is 0 Å². The van der Waals surface area contributed by atoms with Crippen LogP contribution in [-0.2, 0) is 6.42 Å². The van der Waals surface area contributed by atoms with Gasteiger partial charge in [0, 0.05) is 5.56 Å². The van der Waals surface area contributed by atoms with Crippen LogP contribution in [0.25, 0.3) is 0 Å². The molecule has 0 spiro atoms. The molecule has 68 valence electrons. The first-order chi connectivity index (χ1) is 6.72. The van der Waals surface area contributed by atoms with Gasteiger partial charge in [0.2, 0.25) is 0 Å². The Morgan fingerprint density at radius 1 is 1.43 bits per heavy atom. The molecule has 0 saturated carbocycles. The van der Waals surface area contributed by atoms with E-state index in [9.17, 15) is 4.79 Å². The monoisotopic (exact) mass is 184 g/mol. The van der Waals surface area contributed by atoms with Crippen LogP contribution in [0, 0.1) is 29.6 Å². The molecule has 0 heterocycles. The summed E-state index contributed by atoms with van der Waals surface area (Å²) in [5.74, 6) is 0. The number of aldehydes is 1. The minimum atomic E-state index is 0.156. The first-order valence-electron chi connectivity index (χ1n) is 4.08. The predicted octanol–water partition coefficient (Wildman–Crippen LogP) is 1.75. The fourth-order valence-corrected chi connectivity index (χ4v) is 1.24. The fraction of sp³-hybridized carbons (Fsp3) is 0.182. The van der Waals surface area contributed by atoms with Crippen molar-refractivity contribution in [1.82, 2.24) is 0 Å². The number of hydrogen-bond acceptors (Lipinski definition) is 3. The number of nitriles is 2. The molecule has 0 aliphatic carbocycles. The zero-order valence-corrected chi connectivity index (χ0v) is 7.74. The van der Waals surface area contributed by atoms with Gasteiger partial charge in [0.25, 0.3) is 0 Å². The lowest BCUT2D eigenvalue weighted by Gasteiger charge is -2.03. The molecule has 0 N–H and O–H groups in total. The van der Waals surface area contributed by atoms with Gasteiger partial charge in [-0.15, -0.1) is 0 Å². The van der Waals surface area contributed by atoms with Crippen LogP contribution in [0.5, 0.6) is 0 Å². The summed E-state index contributed by atoms with van der Waals surface area (Å²) in [5.41, 5.74) is 2.38. The highest BCUT2D eigenvalue weighted by atomic mass is 16.1. The summed E-state index contributed by atoms with van der Waals surface area (Å²) in [6, 6.07) is 7.22. The van der Waals surface area contributed by atoms with Crippen molar-refractivity contribution in [2.24, 2.45) is 0 Å². The van der Waals surface area contributed by atoms with Gasteiger partial charge in [0.1, 0.15) is 6.29 Å². The highest BCUT2D eigenvalue weighted by molar-refractivity contribution is 5.78. The van der Waals surface area contributed by atoms with E-state index in [1.54, 1.807) is 19.1 Å². The summed E-state index contributed by atoms with van der Waals surface area (Å²) < 4.78 is 0. The number of nitrogens with zero attached hydrogens (tertiary/aromatic N) is 2. The van der Waals surface area contributed by atoms with Crippen molar-refractivity contribution >= 4 is 6.29 Å². The number of aryl methyl sites for hydroxylation is 1. The van der Waals surface area contributed by atoms with Crippen LogP contribution in [0.4, 0.5) is 0 Å². The van der Waals surface area contributed by atoms with Crippen LogP contribution in [0.2, 0.25) is 0 Å². The second kappa shape index (κ2) is 4.20. The molecule has 0 bridgehead atoms. The van der Waals surface area contributed by atoms with Crippen molar-refractivity contribution in [3.63, 3.8) is 0 Å². The Hall–Kier alpha value is -2.13. The molecule has 3 nitrogen and oxygen atoms in total. The average Bonchev–Trinajstić information content (AvgIpc) is 2.20. The molecule has 0 aliphatic heterocycles. The third-order valence-electron chi connectivity index (χ3n) is 2.00. The molecule has 1 aromatic carbocycles. The molecule has 0 radical (unpaired) electrons. The van der Waals surface area contributed by atoms with E-state index in [0.29, 0.717) is 23.0 Å². The summed E-state index contributed by atoms with van der Waals surface area (Å²) in [6.45, 7) is 1.77. The number of carbonyl (C=O) groups excluding carboxylic acids is 1. The topological polar surface area (TPSA) is 64.7 Å².